The molecule has 0 unspecified atom stereocenters. The van der Waals surface area contributed by atoms with E-state index in [1.165, 1.54) is 45.2 Å². The van der Waals surface area contributed by atoms with Gasteiger partial charge in [-0.25, -0.2) is 0 Å². The van der Waals surface area contributed by atoms with E-state index < -0.39 is 0 Å². The third-order valence-electron chi connectivity index (χ3n) is 3.08. The molecule has 1 heterocycles. The zero-order valence-corrected chi connectivity index (χ0v) is 7.16. The fourth-order valence-electron chi connectivity index (χ4n) is 2.39. The fourth-order valence-corrected chi connectivity index (χ4v) is 2.39. The van der Waals surface area contributed by atoms with Crippen LogP contribution in [0.4, 0.5) is 0 Å². The van der Waals surface area contributed by atoms with Crippen molar-refractivity contribution in [3.05, 3.63) is 0 Å². The van der Waals surface area contributed by atoms with E-state index in [2.05, 4.69) is 10.6 Å². The van der Waals surface area contributed by atoms with Crippen LogP contribution in [0.15, 0.2) is 0 Å². The van der Waals surface area contributed by atoms with Gasteiger partial charge in [-0.3, -0.25) is 0 Å². The second-order valence-electron chi connectivity index (χ2n) is 3.94. The van der Waals surface area contributed by atoms with Crippen LogP contribution < -0.4 is 10.6 Å². The minimum absolute atomic E-state index is 0.497. The van der Waals surface area contributed by atoms with Crippen molar-refractivity contribution in [1.82, 2.24) is 10.6 Å². The molecule has 1 aliphatic carbocycles. The van der Waals surface area contributed by atoms with Crippen molar-refractivity contribution >= 4 is 0 Å². The molecule has 1 aliphatic heterocycles. The van der Waals surface area contributed by atoms with Crippen molar-refractivity contribution < 1.29 is 0 Å². The Morgan fingerprint density at radius 2 is 1.73 bits per heavy atom. The first-order valence-electron chi connectivity index (χ1n) is 4.87. The lowest BCUT2D eigenvalue weighted by Gasteiger charge is -2.41. The summed E-state index contributed by atoms with van der Waals surface area (Å²) in [5.74, 6) is 0. The number of hydrogen-bond acceptors (Lipinski definition) is 2. The highest BCUT2D eigenvalue weighted by Gasteiger charge is 2.32. The van der Waals surface area contributed by atoms with Gasteiger partial charge in [-0.1, -0.05) is 19.3 Å². The SMILES string of the molecule is C1CCC2(CC1)CNCCN2. The van der Waals surface area contributed by atoms with Crippen molar-refractivity contribution in [2.24, 2.45) is 0 Å². The molecule has 0 amide bonds. The molecule has 0 aromatic rings. The van der Waals surface area contributed by atoms with Gasteiger partial charge in [0.25, 0.3) is 0 Å². The average molecular weight is 154 g/mol. The van der Waals surface area contributed by atoms with E-state index in [0.717, 1.165) is 6.54 Å². The molecular formula is C9H18N2. The summed E-state index contributed by atoms with van der Waals surface area (Å²) in [6.45, 7) is 3.52. The third kappa shape index (κ3) is 1.57. The summed E-state index contributed by atoms with van der Waals surface area (Å²) >= 11 is 0. The smallest absolute Gasteiger partial charge is 0.0306 e. The maximum Gasteiger partial charge on any atom is 0.0306 e. The highest BCUT2D eigenvalue weighted by Crippen LogP contribution is 2.28. The molecule has 0 aromatic carbocycles. The van der Waals surface area contributed by atoms with Gasteiger partial charge in [0.05, 0.1) is 0 Å². The van der Waals surface area contributed by atoms with Crippen LogP contribution in [-0.2, 0) is 0 Å². The molecule has 0 atom stereocenters. The zero-order chi connectivity index (χ0) is 7.57. The monoisotopic (exact) mass is 154 g/mol. The predicted molar refractivity (Wildman–Crippen MR) is 46.7 cm³/mol. The summed E-state index contributed by atoms with van der Waals surface area (Å²) in [5, 5.41) is 7.15. The van der Waals surface area contributed by atoms with Crippen molar-refractivity contribution in [2.45, 2.75) is 37.6 Å². The van der Waals surface area contributed by atoms with Crippen molar-refractivity contribution in [2.75, 3.05) is 19.6 Å². The van der Waals surface area contributed by atoms with Crippen LogP contribution in [-0.4, -0.2) is 25.2 Å². The first kappa shape index (κ1) is 7.56. The van der Waals surface area contributed by atoms with Crippen LogP contribution in [0, 0.1) is 0 Å². The minimum atomic E-state index is 0.497. The quantitative estimate of drug-likeness (QED) is 0.541. The second kappa shape index (κ2) is 3.11. The number of hydrogen-bond donors (Lipinski definition) is 2. The Morgan fingerprint density at radius 3 is 2.36 bits per heavy atom. The third-order valence-corrected chi connectivity index (χ3v) is 3.08. The van der Waals surface area contributed by atoms with E-state index in [-0.39, 0.29) is 0 Å². The first-order chi connectivity index (χ1) is 5.41. The lowest BCUT2D eigenvalue weighted by Crippen LogP contribution is -2.59. The Bertz CT molecular complexity index is 102. The summed E-state index contributed by atoms with van der Waals surface area (Å²) in [5.41, 5.74) is 0.497. The van der Waals surface area contributed by atoms with Crippen LogP contribution in [0.2, 0.25) is 0 Å². The largest absolute Gasteiger partial charge is 0.314 e. The molecule has 2 fully saturated rings. The molecule has 2 nitrogen and oxygen atoms in total. The molecule has 2 aliphatic rings. The highest BCUT2D eigenvalue weighted by atomic mass is 15.1. The molecule has 1 spiro atoms. The van der Waals surface area contributed by atoms with Gasteiger partial charge in [0.1, 0.15) is 0 Å². The summed E-state index contributed by atoms with van der Waals surface area (Å²) in [4.78, 5) is 0. The van der Waals surface area contributed by atoms with Gasteiger partial charge in [0, 0.05) is 25.2 Å². The average Bonchev–Trinajstić information content (AvgIpc) is 2.07. The highest BCUT2D eigenvalue weighted by molar-refractivity contribution is 4.95. The van der Waals surface area contributed by atoms with E-state index in [1.54, 1.807) is 0 Å². The lowest BCUT2D eigenvalue weighted by atomic mass is 9.81. The van der Waals surface area contributed by atoms with Gasteiger partial charge >= 0.3 is 0 Å². The molecule has 0 radical (unpaired) electrons. The Labute approximate surface area is 68.7 Å². The van der Waals surface area contributed by atoms with Crippen LogP contribution in [0.5, 0.6) is 0 Å². The Kier molecular flexibility index (Phi) is 2.14. The molecule has 0 bridgehead atoms. The number of nitrogens with one attached hydrogen (secondary N) is 2. The predicted octanol–water partition coefficient (Wildman–Crippen LogP) is 0.882. The Balaban J connectivity index is 1.94. The standard InChI is InChI=1S/C9H18N2/c1-2-4-9(5-3-1)8-10-6-7-11-9/h10-11H,1-8H2. The Morgan fingerprint density at radius 1 is 0.909 bits per heavy atom. The molecule has 2 rings (SSSR count). The van der Waals surface area contributed by atoms with Gasteiger partial charge in [0.15, 0.2) is 0 Å². The molecule has 64 valence electrons. The van der Waals surface area contributed by atoms with Crippen LogP contribution >= 0.6 is 0 Å². The summed E-state index contributed by atoms with van der Waals surface area (Å²) in [6, 6.07) is 0. The molecule has 11 heavy (non-hydrogen) atoms. The normalized spacial score (nSPS) is 30.5. The van der Waals surface area contributed by atoms with E-state index in [4.69, 9.17) is 0 Å². The lowest BCUT2D eigenvalue weighted by molar-refractivity contribution is 0.200. The van der Waals surface area contributed by atoms with E-state index in [9.17, 15) is 0 Å². The molecule has 1 saturated carbocycles. The van der Waals surface area contributed by atoms with E-state index >= 15 is 0 Å². The van der Waals surface area contributed by atoms with E-state index in [1.807, 2.05) is 0 Å². The molecule has 2 N–H and O–H groups in total. The van der Waals surface area contributed by atoms with Crippen LogP contribution in [0.1, 0.15) is 32.1 Å². The number of rotatable bonds is 0. The first-order valence-corrected chi connectivity index (χ1v) is 4.87. The minimum Gasteiger partial charge on any atom is -0.314 e. The topological polar surface area (TPSA) is 24.1 Å². The van der Waals surface area contributed by atoms with Crippen molar-refractivity contribution in [3.63, 3.8) is 0 Å². The second-order valence-corrected chi connectivity index (χ2v) is 3.94. The molecule has 2 heteroatoms. The number of piperazine rings is 1. The molecule has 0 aromatic heterocycles. The fraction of sp³-hybridized carbons (Fsp3) is 1.00. The maximum atomic E-state index is 3.67. The van der Waals surface area contributed by atoms with Gasteiger partial charge in [0.2, 0.25) is 0 Å². The Hall–Kier alpha value is -0.0800. The van der Waals surface area contributed by atoms with Crippen molar-refractivity contribution in [1.29, 1.82) is 0 Å². The van der Waals surface area contributed by atoms with Crippen LogP contribution in [0.25, 0.3) is 0 Å². The molecular weight excluding hydrogens is 136 g/mol. The van der Waals surface area contributed by atoms with E-state index in [0.29, 0.717) is 5.54 Å². The summed E-state index contributed by atoms with van der Waals surface area (Å²) < 4.78 is 0. The van der Waals surface area contributed by atoms with Gasteiger partial charge in [-0.05, 0) is 12.8 Å². The van der Waals surface area contributed by atoms with Gasteiger partial charge in [-0.2, -0.15) is 0 Å². The summed E-state index contributed by atoms with van der Waals surface area (Å²) in [7, 11) is 0. The molecule has 1 saturated heterocycles. The van der Waals surface area contributed by atoms with Gasteiger partial charge < -0.3 is 10.6 Å². The maximum absolute atomic E-state index is 3.67. The zero-order valence-electron chi connectivity index (χ0n) is 7.16. The van der Waals surface area contributed by atoms with Crippen molar-refractivity contribution in [3.8, 4) is 0 Å². The summed E-state index contributed by atoms with van der Waals surface area (Å²) in [6.07, 6.45) is 7.08. The van der Waals surface area contributed by atoms with Crippen LogP contribution in [0.3, 0.4) is 0 Å². The van der Waals surface area contributed by atoms with Gasteiger partial charge in [-0.15, -0.1) is 0 Å².